The van der Waals surface area contributed by atoms with E-state index in [0.717, 1.165) is 24.8 Å². The molecular weight excluding hydrogens is 306 g/mol. The number of hydrogen-bond donors (Lipinski definition) is 2. The molecule has 5 nitrogen and oxygen atoms in total. The highest BCUT2D eigenvalue weighted by Crippen LogP contribution is 2.38. The summed E-state index contributed by atoms with van der Waals surface area (Å²) >= 11 is 0. The minimum Gasteiger partial charge on any atom is -0.481 e. The Morgan fingerprint density at radius 1 is 1.21 bits per heavy atom. The monoisotopic (exact) mass is 331 g/mol. The van der Waals surface area contributed by atoms with Crippen LogP contribution in [0, 0.1) is 5.41 Å². The van der Waals surface area contributed by atoms with E-state index in [-0.39, 0.29) is 12.5 Å². The third-order valence-corrected chi connectivity index (χ3v) is 5.73. The standard InChI is InChI=1S/C19H25NO4/c1-18(8-4-6-14-5-2-3-7-15(14)18)16(21)20-13-19(17(22)23)9-11-24-12-10-19/h2-3,5,7H,4,6,8-13H2,1H3,(H,20,21)(H,22,23). The Morgan fingerprint density at radius 2 is 1.92 bits per heavy atom. The molecule has 2 N–H and O–H groups in total. The molecule has 3 rings (SSSR count). The van der Waals surface area contributed by atoms with E-state index in [1.807, 2.05) is 25.1 Å². The average molecular weight is 331 g/mol. The van der Waals surface area contributed by atoms with E-state index in [1.165, 1.54) is 5.56 Å². The maximum Gasteiger partial charge on any atom is 0.311 e. The topological polar surface area (TPSA) is 75.6 Å². The Bertz CT molecular complexity index is 636. The number of carbonyl (C=O) groups is 2. The number of carbonyl (C=O) groups excluding carboxylic acids is 1. The van der Waals surface area contributed by atoms with Crippen LogP contribution in [0.15, 0.2) is 24.3 Å². The first-order valence-electron chi connectivity index (χ1n) is 8.66. The number of aryl methyl sites for hydroxylation is 1. The Balaban J connectivity index is 1.76. The van der Waals surface area contributed by atoms with E-state index in [9.17, 15) is 14.7 Å². The number of ether oxygens (including phenoxy) is 1. The lowest BCUT2D eigenvalue weighted by atomic mass is 9.70. The van der Waals surface area contributed by atoms with Crippen molar-refractivity contribution in [2.45, 2.75) is 44.4 Å². The van der Waals surface area contributed by atoms with Crippen LogP contribution in [0.3, 0.4) is 0 Å². The first-order chi connectivity index (χ1) is 11.5. The number of fused-ring (bicyclic) bond motifs is 1. The normalized spacial score (nSPS) is 25.5. The van der Waals surface area contributed by atoms with Gasteiger partial charge in [-0.25, -0.2) is 0 Å². The highest BCUT2D eigenvalue weighted by molar-refractivity contribution is 5.89. The van der Waals surface area contributed by atoms with Gasteiger partial charge in [-0.05, 0) is 50.2 Å². The van der Waals surface area contributed by atoms with Crippen molar-refractivity contribution in [3.05, 3.63) is 35.4 Å². The van der Waals surface area contributed by atoms with Gasteiger partial charge in [-0.2, -0.15) is 0 Å². The van der Waals surface area contributed by atoms with Crippen molar-refractivity contribution in [2.24, 2.45) is 5.41 Å². The molecule has 0 aromatic heterocycles. The van der Waals surface area contributed by atoms with Gasteiger partial charge in [0.05, 0.1) is 10.8 Å². The average Bonchev–Trinajstić information content (AvgIpc) is 2.61. The Labute approximate surface area is 142 Å². The fourth-order valence-electron chi connectivity index (χ4n) is 3.95. The zero-order chi connectivity index (χ0) is 17.2. The first kappa shape index (κ1) is 17.0. The summed E-state index contributed by atoms with van der Waals surface area (Å²) in [6, 6.07) is 8.07. The van der Waals surface area contributed by atoms with Gasteiger partial charge in [0.1, 0.15) is 0 Å². The van der Waals surface area contributed by atoms with Crippen molar-refractivity contribution in [2.75, 3.05) is 19.8 Å². The summed E-state index contributed by atoms with van der Waals surface area (Å²) in [4.78, 5) is 24.7. The zero-order valence-electron chi connectivity index (χ0n) is 14.1. The zero-order valence-corrected chi connectivity index (χ0v) is 14.1. The highest BCUT2D eigenvalue weighted by Gasteiger charge is 2.43. The van der Waals surface area contributed by atoms with Crippen molar-refractivity contribution in [1.29, 1.82) is 0 Å². The van der Waals surface area contributed by atoms with E-state index in [2.05, 4.69) is 11.4 Å². The third-order valence-electron chi connectivity index (χ3n) is 5.73. The van der Waals surface area contributed by atoms with Gasteiger partial charge in [0.15, 0.2) is 0 Å². The highest BCUT2D eigenvalue weighted by atomic mass is 16.5. The number of rotatable bonds is 4. The molecule has 24 heavy (non-hydrogen) atoms. The second kappa shape index (κ2) is 6.55. The first-order valence-corrected chi connectivity index (χ1v) is 8.66. The summed E-state index contributed by atoms with van der Waals surface area (Å²) in [5, 5.41) is 12.6. The molecule has 1 saturated heterocycles. The molecule has 0 bridgehead atoms. The predicted molar refractivity (Wildman–Crippen MR) is 89.9 cm³/mol. The van der Waals surface area contributed by atoms with Crippen molar-refractivity contribution in [3.8, 4) is 0 Å². The van der Waals surface area contributed by atoms with E-state index >= 15 is 0 Å². The number of benzene rings is 1. The van der Waals surface area contributed by atoms with Gasteiger partial charge in [0.25, 0.3) is 0 Å². The molecule has 1 atom stereocenters. The van der Waals surface area contributed by atoms with Crippen molar-refractivity contribution >= 4 is 11.9 Å². The third kappa shape index (κ3) is 2.93. The minimum absolute atomic E-state index is 0.0678. The Kier molecular flexibility index (Phi) is 4.63. The largest absolute Gasteiger partial charge is 0.481 e. The van der Waals surface area contributed by atoms with Crippen molar-refractivity contribution < 1.29 is 19.4 Å². The summed E-state index contributed by atoms with van der Waals surface area (Å²) in [7, 11) is 0. The van der Waals surface area contributed by atoms with Crippen LogP contribution in [0.25, 0.3) is 0 Å². The summed E-state index contributed by atoms with van der Waals surface area (Å²) < 4.78 is 5.29. The molecule has 1 aromatic rings. The molecule has 1 heterocycles. The molecule has 1 fully saturated rings. The fourth-order valence-corrected chi connectivity index (χ4v) is 3.95. The molecule has 1 unspecified atom stereocenters. The van der Waals surface area contributed by atoms with Crippen LogP contribution >= 0.6 is 0 Å². The van der Waals surface area contributed by atoms with E-state index in [4.69, 9.17) is 4.74 Å². The molecule has 0 saturated carbocycles. The smallest absolute Gasteiger partial charge is 0.311 e. The van der Waals surface area contributed by atoms with Gasteiger partial charge in [-0.3, -0.25) is 9.59 Å². The molecule has 0 spiro atoms. The van der Waals surface area contributed by atoms with E-state index < -0.39 is 16.8 Å². The van der Waals surface area contributed by atoms with Crippen LogP contribution in [0.4, 0.5) is 0 Å². The molecule has 2 aliphatic rings. The lowest BCUT2D eigenvalue weighted by molar-refractivity contribution is -0.154. The lowest BCUT2D eigenvalue weighted by Gasteiger charge is -2.37. The SMILES string of the molecule is CC1(C(=O)NCC2(C(=O)O)CCOCC2)CCCc2ccccc21. The van der Waals surface area contributed by atoms with Gasteiger partial charge >= 0.3 is 5.97 Å². The number of aliphatic carboxylic acids is 1. The van der Waals surface area contributed by atoms with Crippen LogP contribution in [-0.2, 0) is 26.2 Å². The second-order valence-corrected chi connectivity index (χ2v) is 7.22. The molecule has 1 aliphatic heterocycles. The quantitative estimate of drug-likeness (QED) is 0.887. The predicted octanol–water partition coefficient (Wildman–Crippen LogP) is 2.28. The number of hydrogen-bond acceptors (Lipinski definition) is 3. The summed E-state index contributed by atoms with van der Waals surface area (Å²) in [5.41, 5.74) is 0.809. The fraction of sp³-hybridized carbons (Fsp3) is 0.579. The maximum atomic E-state index is 13.0. The van der Waals surface area contributed by atoms with Crippen LogP contribution in [0.1, 0.15) is 43.7 Å². The number of nitrogens with one attached hydrogen (secondary N) is 1. The van der Waals surface area contributed by atoms with Crippen molar-refractivity contribution in [1.82, 2.24) is 5.32 Å². The van der Waals surface area contributed by atoms with Crippen LogP contribution in [0.2, 0.25) is 0 Å². The molecule has 130 valence electrons. The molecule has 1 amide bonds. The van der Waals surface area contributed by atoms with Crippen LogP contribution in [-0.4, -0.2) is 36.7 Å². The maximum absolute atomic E-state index is 13.0. The Hall–Kier alpha value is -1.88. The Morgan fingerprint density at radius 3 is 2.62 bits per heavy atom. The number of amides is 1. The van der Waals surface area contributed by atoms with Gasteiger partial charge in [0.2, 0.25) is 5.91 Å². The van der Waals surface area contributed by atoms with E-state index in [0.29, 0.717) is 26.1 Å². The molecule has 0 radical (unpaired) electrons. The van der Waals surface area contributed by atoms with Gasteiger partial charge in [-0.15, -0.1) is 0 Å². The van der Waals surface area contributed by atoms with Crippen LogP contribution < -0.4 is 5.32 Å². The number of carboxylic acids is 1. The van der Waals surface area contributed by atoms with Gasteiger partial charge in [0, 0.05) is 19.8 Å². The minimum atomic E-state index is -0.904. The molecular formula is C19H25NO4. The van der Waals surface area contributed by atoms with Crippen molar-refractivity contribution in [3.63, 3.8) is 0 Å². The summed E-state index contributed by atoms with van der Waals surface area (Å²) in [6.07, 6.45) is 3.64. The van der Waals surface area contributed by atoms with E-state index in [1.54, 1.807) is 0 Å². The van der Waals surface area contributed by atoms with Gasteiger partial charge < -0.3 is 15.2 Å². The second-order valence-electron chi connectivity index (χ2n) is 7.22. The lowest BCUT2D eigenvalue weighted by Crippen LogP contribution is -2.51. The number of carboxylic acid groups (broad SMARTS) is 1. The summed E-state index contributed by atoms with van der Waals surface area (Å²) in [6.45, 7) is 3.00. The van der Waals surface area contributed by atoms with Crippen LogP contribution in [0.5, 0.6) is 0 Å². The molecule has 5 heteroatoms. The molecule has 1 aliphatic carbocycles. The summed E-state index contributed by atoms with van der Waals surface area (Å²) in [5.74, 6) is -0.915. The van der Waals surface area contributed by atoms with Gasteiger partial charge in [-0.1, -0.05) is 24.3 Å². The molecule has 1 aromatic carbocycles.